The standard InChI is InChI=1S/C19H23NO/c1-14(2)20-11-5-6-16-7-8-18-13-19(21-15(3)4)10-9-17(18)12-16/h7-10,12-15,20H,11H2,1-4H3. The van der Waals surface area contributed by atoms with E-state index in [-0.39, 0.29) is 6.10 Å². The van der Waals surface area contributed by atoms with Crippen molar-refractivity contribution in [2.24, 2.45) is 0 Å². The monoisotopic (exact) mass is 281 g/mol. The Balaban J connectivity index is 2.15. The number of fused-ring (bicyclic) bond motifs is 1. The Hall–Kier alpha value is -1.98. The van der Waals surface area contributed by atoms with E-state index in [4.69, 9.17) is 4.74 Å². The zero-order chi connectivity index (χ0) is 15.2. The molecule has 0 aromatic heterocycles. The normalized spacial score (nSPS) is 10.8. The molecule has 0 aliphatic rings. The summed E-state index contributed by atoms with van der Waals surface area (Å²) in [5.41, 5.74) is 1.05. The van der Waals surface area contributed by atoms with E-state index >= 15 is 0 Å². The molecule has 0 aliphatic heterocycles. The Morgan fingerprint density at radius 2 is 1.71 bits per heavy atom. The van der Waals surface area contributed by atoms with E-state index in [1.807, 2.05) is 19.9 Å². The first kappa shape index (κ1) is 15.4. The smallest absolute Gasteiger partial charge is 0.120 e. The second kappa shape index (κ2) is 7.15. The summed E-state index contributed by atoms with van der Waals surface area (Å²) in [6, 6.07) is 12.9. The van der Waals surface area contributed by atoms with Crippen LogP contribution >= 0.6 is 0 Å². The van der Waals surface area contributed by atoms with Crippen LogP contribution in [0.1, 0.15) is 33.3 Å². The summed E-state index contributed by atoms with van der Waals surface area (Å²) in [6.07, 6.45) is 0.195. The van der Waals surface area contributed by atoms with E-state index in [1.165, 1.54) is 10.8 Å². The van der Waals surface area contributed by atoms with Crippen molar-refractivity contribution >= 4 is 10.8 Å². The Morgan fingerprint density at radius 3 is 2.43 bits per heavy atom. The molecule has 0 spiro atoms. The van der Waals surface area contributed by atoms with Gasteiger partial charge in [0.25, 0.3) is 0 Å². The molecule has 2 aromatic rings. The lowest BCUT2D eigenvalue weighted by Crippen LogP contribution is -2.22. The highest BCUT2D eigenvalue weighted by Crippen LogP contribution is 2.22. The van der Waals surface area contributed by atoms with E-state index in [2.05, 4.69) is 61.3 Å². The summed E-state index contributed by atoms with van der Waals surface area (Å²) < 4.78 is 5.72. The molecule has 1 N–H and O–H groups in total. The van der Waals surface area contributed by atoms with Gasteiger partial charge in [-0.2, -0.15) is 0 Å². The fourth-order valence-corrected chi connectivity index (χ4v) is 2.05. The van der Waals surface area contributed by atoms with E-state index in [0.29, 0.717) is 6.04 Å². The van der Waals surface area contributed by atoms with Crippen LogP contribution in [0.3, 0.4) is 0 Å². The zero-order valence-electron chi connectivity index (χ0n) is 13.2. The van der Waals surface area contributed by atoms with Gasteiger partial charge in [0.2, 0.25) is 0 Å². The average molecular weight is 281 g/mol. The number of hydrogen-bond donors (Lipinski definition) is 1. The maximum Gasteiger partial charge on any atom is 0.120 e. The van der Waals surface area contributed by atoms with Crippen molar-refractivity contribution in [2.75, 3.05) is 6.54 Å². The molecule has 2 heteroatoms. The zero-order valence-corrected chi connectivity index (χ0v) is 13.2. The molecular weight excluding hydrogens is 258 g/mol. The first-order chi connectivity index (χ1) is 10.0. The van der Waals surface area contributed by atoms with Crippen molar-refractivity contribution in [3.8, 4) is 17.6 Å². The minimum atomic E-state index is 0.195. The van der Waals surface area contributed by atoms with Crippen LogP contribution in [0.2, 0.25) is 0 Å². The molecule has 0 amide bonds. The average Bonchev–Trinajstić information content (AvgIpc) is 2.42. The second-order valence-electron chi connectivity index (χ2n) is 5.73. The molecule has 0 saturated carbocycles. The lowest BCUT2D eigenvalue weighted by Gasteiger charge is -2.10. The number of ether oxygens (including phenoxy) is 1. The van der Waals surface area contributed by atoms with Gasteiger partial charge in [0.05, 0.1) is 12.6 Å². The molecule has 0 bridgehead atoms. The van der Waals surface area contributed by atoms with Gasteiger partial charge >= 0.3 is 0 Å². The molecule has 0 heterocycles. The summed E-state index contributed by atoms with van der Waals surface area (Å²) in [5.74, 6) is 7.26. The molecule has 2 nitrogen and oxygen atoms in total. The van der Waals surface area contributed by atoms with Crippen molar-refractivity contribution in [3.05, 3.63) is 42.0 Å². The van der Waals surface area contributed by atoms with E-state index in [9.17, 15) is 0 Å². The van der Waals surface area contributed by atoms with Crippen molar-refractivity contribution in [1.82, 2.24) is 5.32 Å². The lowest BCUT2D eigenvalue weighted by molar-refractivity contribution is 0.243. The van der Waals surface area contributed by atoms with Gasteiger partial charge in [0.15, 0.2) is 0 Å². The molecule has 110 valence electrons. The van der Waals surface area contributed by atoms with Gasteiger partial charge in [0.1, 0.15) is 5.75 Å². The largest absolute Gasteiger partial charge is 0.491 e. The third-order valence-corrected chi connectivity index (χ3v) is 3.01. The lowest BCUT2D eigenvalue weighted by atomic mass is 10.1. The summed E-state index contributed by atoms with van der Waals surface area (Å²) in [6.45, 7) is 9.03. The molecule has 0 fully saturated rings. The molecule has 0 saturated heterocycles. The van der Waals surface area contributed by atoms with Crippen LogP contribution in [-0.4, -0.2) is 18.7 Å². The predicted octanol–water partition coefficient (Wildman–Crippen LogP) is 3.98. The number of rotatable bonds is 4. The Morgan fingerprint density at radius 1 is 1.00 bits per heavy atom. The predicted molar refractivity (Wildman–Crippen MR) is 89.7 cm³/mol. The first-order valence-electron chi connectivity index (χ1n) is 7.47. The van der Waals surface area contributed by atoms with E-state index in [0.717, 1.165) is 17.9 Å². The molecule has 0 radical (unpaired) electrons. The SMILES string of the molecule is CC(C)NCC#Cc1ccc2cc(OC(C)C)ccc2c1. The highest BCUT2D eigenvalue weighted by atomic mass is 16.5. The van der Waals surface area contributed by atoms with Gasteiger partial charge in [0, 0.05) is 11.6 Å². The van der Waals surface area contributed by atoms with Crippen LogP contribution in [0.25, 0.3) is 10.8 Å². The Labute approximate surface area is 127 Å². The summed E-state index contributed by atoms with van der Waals surface area (Å²) in [4.78, 5) is 0. The summed E-state index contributed by atoms with van der Waals surface area (Å²) >= 11 is 0. The van der Waals surface area contributed by atoms with E-state index < -0.39 is 0 Å². The van der Waals surface area contributed by atoms with Gasteiger partial charge in [-0.15, -0.1) is 0 Å². The number of benzene rings is 2. The number of nitrogens with one attached hydrogen (secondary N) is 1. The van der Waals surface area contributed by atoms with E-state index in [1.54, 1.807) is 0 Å². The van der Waals surface area contributed by atoms with Crippen LogP contribution in [0.4, 0.5) is 0 Å². The van der Waals surface area contributed by atoms with Crippen LogP contribution in [0, 0.1) is 11.8 Å². The van der Waals surface area contributed by atoms with Gasteiger partial charge in [-0.1, -0.05) is 24.0 Å². The van der Waals surface area contributed by atoms with Crippen molar-refractivity contribution < 1.29 is 4.74 Å². The van der Waals surface area contributed by atoms with Gasteiger partial charge in [-0.25, -0.2) is 0 Å². The highest BCUT2D eigenvalue weighted by Gasteiger charge is 2.00. The topological polar surface area (TPSA) is 21.3 Å². The van der Waals surface area contributed by atoms with Crippen molar-refractivity contribution in [1.29, 1.82) is 0 Å². The molecule has 2 rings (SSSR count). The van der Waals surface area contributed by atoms with Crippen LogP contribution in [0.5, 0.6) is 5.75 Å². The molecule has 0 unspecified atom stereocenters. The van der Waals surface area contributed by atoms with Gasteiger partial charge < -0.3 is 10.1 Å². The molecule has 21 heavy (non-hydrogen) atoms. The fourth-order valence-electron chi connectivity index (χ4n) is 2.05. The Bertz CT molecular complexity index is 662. The fraction of sp³-hybridized carbons (Fsp3) is 0.368. The third kappa shape index (κ3) is 4.81. The first-order valence-corrected chi connectivity index (χ1v) is 7.47. The van der Waals surface area contributed by atoms with Crippen molar-refractivity contribution in [2.45, 2.75) is 39.8 Å². The minimum absolute atomic E-state index is 0.195. The molecule has 0 atom stereocenters. The van der Waals surface area contributed by atoms with Crippen molar-refractivity contribution in [3.63, 3.8) is 0 Å². The van der Waals surface area contributed by atoms with Gasteiger partial charge in [-0.05, 0) is 62.7 Å². The van der Waals surface area contributed by atoms with Crippen LogP contribution in [-0.2, 0) is 0 Å². The molecule has 0 aliphatic carbocycles. The maximum absolute atomic E-state index is 5.72. The quantitative estimate of drug-likeness (QED) is 0.856. The van der Waals surface area contributed by atoms with Crippen LogP contribution in [0.15, 0.2) is 36.4 Å². The molecular formula is C19H23NO. The third-order valence-electron chi connectivity index (χ3n) is 3.01. The summed E-state index contributed by atoms with van der Waals surface area (Å²) in [7, 11) is 0. The van der Waals surface area contributed by atoms with Gasteiger partial charge in [-0.3, -0.25) is 0 Å². The highest BCUT2D eigenvalue weighted by molar-refractivity contribution is 5.85. The Kier molecular flexibility index (Phi) is 5.25. The maximum atomic E-state index is 5.72. The summed E-state index contributed by atoms with van der Waals surface area (Å²) in [5, 5.41) is 5.66. The number of hydrogen-bond acceptors (Lipinski definition) is 2. The minimum Gasteiger partial charge on any atom is -0.491 e. The second-order valence-corrected chi connectivity index (χ2v) is 5.73. The van der Waals surface area contributed by atoms with Crippen LogP contribution < -0.4 is 10.1 Å². The molecule has 2 aromatic carbocycles.